The Hall–Kier alpha value is -1.84. The summed E-state index contributed by atoms with van der Waals surface area (Å²) < 4.78 is 5.28. The highest BCUT2D eigenvalue weighted by atomic mass is 16.5. The number of aryl methyl sites for hydroxylation is 1. The molecule has 86 valence electrons. The zero-order chi connectivity index (χ0) is 12.1. The number of methoxy groups -OCH3 is 1. The molecule has 1 aromatic heterocycles. The van der Waals surface area contributed by atoms with E-state index >= 15 is 0 Å². The van der Waals surface area contributed by atoms with Gasteiger partial charge in [0.2, 0.25) is 5.91 Å². The van der Waals surface area contributed by atoms with Gasteiger partial charge in [0.1, 0.15) is 5.75 Å². The van der Waals surface area contributed by atoms with Gasteiger partial charge in [-0.15, -0.1) is 0 Å². The number of hydrogen-bond donors (Lipinski definition) is 1. The van der Waals surface area contributed by atoms with E-state index in [0.717, 1.165) is 22.6 Å². The third-order valence-electron chi connectivity index (χ3n) is 2.37. The van der Waals surface area contributed by atoms with Crippen molar-refractivity contribution < 1.29 is 9.53 Å². The number of pyridine rings is 1. The average molecular weight is 220 g/mol. The van der Waals surface area contributed by atoms with Crippen molar-refractivity contribution in [1.29, 1.82) is 0 Å². The van der Waals surface area contributed by atoms with Gasteiger partial charge in [-0.2, -0.15) is 0 Å². The molecule has 0 unspecified atom stereocenters. The summed E-state index contributed by atoms with van der Waals surface area (Å²) in [5.41, 5.74) is 2.74. The molecule has 0 aliphatic rings. The summed E-state index contributed by atoms with van der Waals surface area (Å²) in [7, 11) is 1.63. The molecule has 0 aliphatic carbocycles. The Morgan fingerprint density at radius 3 is 2.88 bits per heavy atom. The molecule has 1 rings (SSSR count). The number of carbonyl (C=O) groups excluding carboxylic acids is 1. The molecule has 16 heavy (non-hydrogen) atoms. The molecular formula is C12H16N2O2. The van der Waals surface area contributed by atoms with E-state index in [-0.39, 0.29) is 5.91 Å². The van der Waals surface area contributed by atoms with Crippen molar-refractivity contribution in [3.8, 4) is 5.75 Å². The highest BCUT2D eigenvalue weighted by Crippen LogP contribution is 2.23. The number of nitrogens with one attached hydrogen (secondary N) is 1. The number of ether oxygens (including phenoxy) is 1. The summed E-state index contributed by atoms with van der Waals surface area (Å²) >= 11 is 0. The minimum atomic E-state index is -0.208. The van der Waals surface area contributed by atoms with E-state index < -0.39 is 0 Å². The Morgan fingerprint density at radius 2 is 2.31 bits per heavy atom. The van der Waals surface area contributed by atoms with E-state index in [9.17, 15) is 4.79 Å². The molecule has 0 radical (unpaired) electrons. The first-order valence-corrected chi connectivity index (χ1v) is 4.99. The van der Waals surface area contributed by atoms with Crippen LogP contribution in [0.15, 0.2) is 18.9 Å². The second-order valence-corrected chi connectivity index (χ2v) is 3.47. The maximum atomic E-state index is 11.0. The molecule has 1 aromatic rings. The van der Waals surface area contributed by atoms with Crippen molar-refractivity contribution in [2.45, 2.75) is 20.4 Å². The molecule has 0 aliphatic heterocycles. The Labute approximate surface area is 95.3 Å². The van der Waals surface area contributed by atoms with Crippen LogP contribution in [0.25, 0.3) is 0 Å². The quantitative estimate of drug-likeness (QED) is 0.782. The maximum Gasteiger partial charge on any atom is 0.243 e. The van der Waals surface area contributed by atoms with Crippen LogP contribution < -0.4 is 10.1 Å². The minimum Gasteiger partial charge on any atom is -0.496 e. The Kier molecular flexibility index (Phi) is 4.05. The molecule has 0 atom stereocenters. The lowest BCUT2D eigenvalue weighted by molar-refractivity contribution is -0.116. The predicted octanol–water partition coefficient (Wildman–Crippen LogP) is 1.51. The second-order valence-electron chi connectivity index (χ2n) is 3.47. The van der Waals surface area contributed by atoms with Crippen LogP contribution in [0.3, 0.4) is 0 Å². The van der Waals surface area contributed by atoms with Gasteiger partial charge in [0.25, 0.3) is 0 Å². The number of aromatic nitrogens is 1. The number of nitrogens with zero attached hydrogens (tertiary/aromatic N) is 1. The van der Waals surface area contributed by atoms with E-state index in [0.29, 0.717) is 6.54 Å². The zero-order valence-electron chi connectivity index (χ0n) is 9.83. The molecule has 1 amide bonds. The Balaban J connectivity index is 2.89. The van der Waals surface area contributed by atoms with E-state index in [2.05, 4.69) is 16.9 Å². The first-order chi connectivity index (χ1) is 7.60. The summed E-state index contributed by atoms with van der Waals surface area (Å²) in [5.74, 6) is 0.610. The Bertz CT molecular complexity index is 414. The van der Waals surface area contributed by atoms with Crippen LogP contribution in [0.5, 0.6) is 5.75 Å². The van der Waals surface area contributed by atoms with Crippen molar-refractivity contribution in [3.63, 3.8) is 0 Å². The number of amides is 1. The van der Waals surface area contributed by atoms with E-state index in [1.54, 1.807) is 13.3 Å². The van der Waals surface area contributed by atoms with E-state index in [1.165, 1.54) is 6.08 Å². The molecule has 1 heterocycles. The topological polar surface area (TPSA) is 51.2 Å². The van der Waals surface area contributed by atoms with Crippen molar-refractivity contribution >= 4 is 5.91 Å². The van der Waals surface area contributed by atoms with Crippen LogP contribution in [0, 0.1) is 13.8 Å². The van der Waals surface area contributed by atoms with Gasteiger partial charge in [-0.1, -0.05) is 6.58 Å². The number of rotatable bonds is 4. The lowest BCUT2D eigenvalue weighted by Gasteiger charge is -2.12. The first-order valence-electron chi connectivity index (χ1n) is 4.99. The molecule has 0 spiro atoms. The molecule has 0 aromatic carbocycles. The highest BCUT2D eigenvalue weighted by Gasteiger charge is 2.09. The fourth-order valence-corrected chi connectivity index (χ4v) is 1.49. The minimum absolute atomic E-state index is 0.208. The molecule has 0 saturated carbocycles. The SMILES string of the molecule is C=CC(=O)NCc1ncc(C)c(OC)c1C. The van der Waals surface area contributed by atoms with Gasteiger partial charge in [0.05, 0.1) is 19.3 Å². The zero-order valence-corrected chi connectivity index (χ0v) is 9.83. The summed E-state index contributed by atoms with van der Waals surface area (Å²) in [6.45, 7) is 7.63. The average Bonchev–Trinajstić information content (AvgIpc) is 2.28. The lowest BCUT2D eigenvalue weighted by Crippen LogP contribution is -2.21. The Morgan fingerprint density at radius 1 is 1.62 bits per heavy atom. The van der Waals surface area contributed by atoms with E-state index in [1.807, 2.05) is 13.8 Å². The predicted molar refractivity (Wildman–Crippen MR) is 62.3 cm³/mol. The fourth-order valence-electron chi connectivity index (χ4n) is 1.49. The van der Waals surface area contributed by atoms with E-state index in [4.69, 9.17) is 4.74 Å². The van der Waals surface area contributed by atoms with Crippen molar-refractivity contribution in [3.05, 3.63) is 35.7 Å². The van der Waals surface area contributed by atoms with Crippen LogP contribution in [-0.2, 0) is 11.3 Å². The molecular weight excluding hydrogens is 204 g/mol. The van der Waals surface area contributed by atoms with Crippen LogP contribution in [-0.4, -0.2) is 18.0 Å². The molecule has 0 saturated heterocycles. The monoisotopic (exact) mass is 220 g/mol. The lowest BCUT2D eigenvalue weighted by atomic mass is 10.1. The highest BCUT2D eigenvalue weighted by molar-refractivity contribution is 5.86. The normalized spacial score (nSPS) is 9.69. The van der Waals surface area contributed by atoms with Crippen LogP contribution in [0.2, 0.25) is 0 Å². The number of hydrogen-bond acceptors (Lipinski definition) is 3. The third kappa shape index (κ3) is 2.59. The second kappa shape index (κ2) is 5.30. The largest absolute Gasteiger partial charge is 0.496 e. The molecule has 4 nitrogen and oxygen atoms in total. The summed E-state index contributed by atoms with van der Waals surface area (Å²) in [4.78, 5) is 15.3. The smallest absolute Gasteiger partial charge is 0.243 e. The van der Waals surface area contributed by atoms with Gasteiger partial charge in [-0.25, -0.2) is 0 Å². The van der Waals surface area contributed by atoms with Gasteiger partial charge in [0, 0.05) is 17.3 Å². The van der Waals surface area contributed by atoms with Crippen LogP contribution in [0.4, 0.5) is 0 Å². The first kappa shape index (κ1) is 12.2. The molecule has 0 fully saturated rings. The van der Waals surface area contributed by atoms with Crippen LogP contribution >= 0.6 is 0 Å². The fraction of sp³-hybridized carbons (Fsp3) is 0.333. The van der Waals surface area contributed by atoms with Crippen molar-refractivity contribution in [2.75, 3.05) is 7.11 Å². The van der Waals surface area contributed by atoms with Gasteiger partial charge in [0.15, 0.2) is 0 Å². The molecule has 4 heteroatoms. The molecule has 0 bridgehead atoms. The standard InChI is InChI=1S/C12H16N2O2/c1-5-11(15)14-7-10-9(3)12(16-4)8(2)6-13-10/h5-6H,1,7H2,2-4H3,(H,14,15). The summed E-state index contributed by atoms with van der Waals surface area (Å²) in [6, 6.07) is 0. The summed E-state index contributed by atoms with van der Waals surface area (Å²) in [5, 5.41) is 2.69. The summed E-state index contributed by atoms with van der Waals surface area (Å²) in [6.07, 6.45) is 2.97. The van der Waals surface area contributed by atoms with Gasteiger partial charge in [-0.05, 0) is 19.9 Å². The van der Waals surface area contributed by atoms with Gasteiger partial charge in [-0.3, -0.25) is 9.78 Å². The number of carbonyl (C=O) groups is 1. The van der Waals surface area contributed by atoms with Gasteiger partial charge >= 0.3 is 0 Å². The van der Waals surface area contributed by atoms with Crippen molar-refractivity contribution in [2.24, 2.45) is 0 Å². The molecule has 1 N–H and O–H groups in total. The van der Waals surface area contributed by atoms with Crippen LogP contribution in [0.1, 0.15) is 16.8 Å². The third-order valence-corrected chi connectivity index (χ3v) is 2.37. The van der Waals surface area contributed by atoms with Crippen molar-refractivity contribution in [1.82, 2.24) is 10.3 Å². The maximum absolute atomic E-state index is 11.0. The van der Waals surface area contributed by atoms with Gasteiger partial charge < -0.3 is 10.1 Å².